The van der Waals surface area contributed by atoms with Crippen LogP contribution in [0.1, 0.15) is 52.9 Å². The predicted molar refractivity (Wildman–Crippen MR) is 64.8 cm³/mol. The van der Waals surface area contributed by atoms with E-state index in [-0.39, 0.29) is 6.04 Å². The van der Waals surface area contributed by atoms with Crippen molar-refractivity contribution in [1.29, 1.82) is 0 Å². The van der Waals surface area contributed by atoms with Crippen molar-refractivity contribution in [2.24, 2.45) is 17.6 Å². The molecule has 0 aromatic carbocycles. The molecule has 1 fully saturated rings. The number of nitrogens with two attached hydrogens (primary N) is 1. The Morgan fingerprint density at radius 1 is 1.20 bits per heavy atom. The first-order valence-electron chi connectivity index (χ1n) is 6.50. The first-order valence-corrected chi connectivity index (χ1v) is 6.50. The summed E-state index contributed by atoms with van der Waals surface area (Å²) in [6.07, 6.45) is 7.00. The average Bonchev–Trinajstić information content (AvgIpc) is 2.26. The summed E-state index contributed by atoms with van der Waals surface area (Å²) in [6, 6.07) is 0.255. The van der Waals surface area contributed by atoms with Gasteiger partial charge in [-0.3, -0.25) is 0 Å². The van der Waals surface area contributed by atoms with Crippen LogP contribution in [0, 0.1) is 11.8 Å². The minimum atomic E-state index is 0.255. The van der Waals surface area contributed by atoms with Crippen LogP contribution in [0.25, 0.3) is 0 Å². The molecule has 2 nitrogen and oxygen atoms in total. The molecule has 1 unspecified atom stereocenters. The van der Waals surface area contributed by atoms with Gasteiger partial charge >= 0.3 is 0 Å². The van der Waals surface area contributed by atoms with Crippen molar-refractivity contribution in [2.45, 2.75) is 65.0 Å². The van der Waals surface area contributed by atoms with Crippen LogP contribution in [0.2, 0.25) is 0 Å². The topological polar surface area (TPSA) is 35.2 Å². The zero-order chi connectivity index (χ0) is 11.3. The van der Waals surface area contributed by atoms with Gasteiger partial charge in [0.15, 0.2) is 0 Å². The highest BCUT2D eigenvalue weighted by Gasteiger charge is 2.24. The van der Waals surface area contributed by atoms with Crippen LogP contribution < -0.4 is 5.73 Å². The van der Waals surface area contributed by atoms with Crippen LogP contribution in [0.4, 0.5) is 0 Å². The first-order chi connectivity index (χ1) is 7.13. The van der Waals surface area contributed by atoms with Crippen molar-refractivity contribution in [1.82, 2.24) is 0 Å². The molecular formula is C13H27NO. The largest absolute Gasteiger partial charge is 0.377 e. The predicted octanol–water partition coefficient (Wildman–Crippen LogP) is 2.96. The van der Waals surface area contributed by atoms with Crippen LogP contribution in [-0.4, -0.2) is 18.8 Å². The fraction of sp³-hybridized carbons (Fsp3) is 1.00. The highest BCUT2D eigenvalue weighted by Crippen LogP contribution is 2.31. The van der Waals surface area contributed by atoms with Gasteiger partial charge in [0.05, 0.1) is 12.7 Å². The zero-order valence-electron chi connectivity index (χ0n) is 10.5. The van der Waals surface area contributed by atoms with E-state index >= 15 is 0 Å². The van der Waals surface area contributed by atoms with Crippen molar-refractivity contribution in [2.75, 3.05) is 6.61 Å². The molecule has 0 amide bonds. The summed E-state index contributed by atoms with van der Waals surface area (Å²) < 4.78 is 5.59. The molecule has 1 aliphatic carbocycles. The maximum Gasteiger partial charge on any atom is 0.0623 e. The number of ether oxygens (including phenoxy) is 1. The van der Waals surface area contributed by atoms with Crippen molar-refractivity contribution in [3.05, 3.63) is 0 Å². The molecule has 0 spiro atoms. The Bertz CT molecular complexity index is 162. The Balaban J connectivity index is 2.20. The minimum absolute atomic E-state index is 0.255. The van der Waals surface area contributed by atoms with Crippen molar-refractivity contribution >= 4 is 0 Å². The smallest absolute Gasteiger partial charge is 0.0623 e. The van der Waals surface area contributed by atoms with Gasteiger partial charge in [-0.15, -0.1) is 0 Å². The molecule has 1 aliphatic rings. The third kappa shape index (κ3) is 4.52. The molecule has 15 heavy (non-hydrogen) atoms. The molecule has 0 saturated heterocycles. The summed E-state index contributed by atoms with van der Waals surface area (Å²) in [5.74, 6) is 1.66. The third-order valence-corrected chi connectivity index (χ3v) is 3.70. The van der Waals surface area contributed by atoms with Crippen LogP contribution in [-0.2, 0) is 4.74 Å². The van der Waals surface area contributed by atoms with Crippen LogP contribution in [0.3, 0.4) is 0 Å². The molecule has 0 bridgehead atoms. The summed E-state index contributed by atoms with van der Waals surface area (Å²) in [7, 11) is 0. The summed E-state index contributed by atoms with van der Waals surface area (Å²) in [6.45, 7) is 7.17. The molecule has 2 heteroatoms. The van der Waals surface area contributed by atoms with Gasteiger partial charge in [-0.1, -0.05) is 26.2 Å². The molecule has 0 heterocycles. The van der Waals surface area contributed by atoms with E-state index in [1.807, 2.05) is 0 Å². The summed E-state index contributed by atoms with van der Waals surface area (Å²) in [4.78, 5) is 0. The molecule has 0 radical (unpaired) electrons. The second kappa shape index (κ2) is 6.49. The molecular weight excluding hydrogens is 186 g/mol. The summed E-state index contributed by atoms with van der Waals surface area (Å²) in [5, 5.41) is 0. The molecule has 1 atom stereocenters. The van der Waals surface area contributed by atoms with E-state index in [9.17, 15) is 0 Å². The second-order valence-electron chi connectivity index (χ2n) is 5.23. The van der Waals surface area contributed by atoms with Gasteiger partial charge in [0.25, 0.3) is 0 Å². The normalized spacial score (nSPS) is 29.4. The first kappa shape index (κ1) is 13.0. The zero-order valence-corrected chi connectivity index (χ0v) is 10.5. The maximum absolute atomic E-state index is 6.16. The fourth-order valence-corrected chi connectivity index (χ4v) is 2.46. The van der Waals surface area contributed by atoms with Gasteiger partial charge in [0.1, 0.15) is 0 Å². The van der Waals surface area contributed by atoms with E-state index in [1.54, 1.807) is 0 Å². The summed E-state index contributed by atoms with van der Waals surface area (Å²) in [5.41, 5.74) is 6.16. The molecule has 0 aliphatic heterocycles. The lowest BCUT2D eigenvalue weighted by Gasteiger charge is -2.31. The highest BCUT2D eigenvalue weighted by molar-refractivity contribution is 4.79. The molecule has 1 saturated carbocycles. The Kier molecular flexibility index (Phi) is 5.62. The van der Waals surface area contributed by atoms with Gasteiger partial charge < -0.3 is 10.5 Å². The number of hydrogen-bond acceptors (Lipinski definition) is 2. The number of rotatable bonds is 5. The lowest BCUT2D eigenvalue weighted by Crippen LogP contribution is -2.37. The minimum Gasteiger partial charge on any atom is -0.377 e. The van der Waals surface area contributed by atoms with Gasteiger partial charge in [-0.2, -0.15) is 0 Å². The van der Waals surface area contributed by atoms with Gasteiger partial charge in [0, 0.05) is 6.04 Å². The Morgan fingerprint density at radius 2 is 1.80 bits per heavy atom. The Morgan fingerprint density at radius 3 is 2.27 bits per heavy atom. The van der Waals surface area contributed by atoms with E-state index in [2.05, 4.69) is 20.8 Å². The van der Waals surface area contributed by atoms with E-state index < -0.39 is 0 Å². The second-order valence-corrected chi connectivity index (χ2v) is 5.23. The van der Waals surface area contributed by atoms with Gasteiger partial charge in [-0.25, -0.2) is 0 Å². The highest BCUT2D eigenvalue weighted by atomic mass is 16.5. The van der Waals surface area contributed by atoms with Gasteiger partial charge in [-0.05, 0) is 38.5 Å². The van der Waals surface area contributed by atoms with Crippen molar-refractivity contribution < 1.29 is 4.74 Å². The quantitative estimate of drug-likeness (QED) is 0.762. The van der Waals surface area contributed by atoms with Gasteiger partial charge in [0.2, 0.25) is 0 Å². The SMILES string of the molecule is CCC1CCC(C(N)COC(C)C)CC1. The van der Waals surface area contributed by atoms with E-state index in [1.165, 1.54) is 32.1 Å². The van der Waals surface area contributed by atoms with Crippen molar-refractivity contribution in [3.63, 3.8) is 0 Å². The number of hydrogen-bond donors (Lipinski definition) is 1. The fourth-order valence-electron chi connectivity index (χ4n) is 2.46. The molecule has 0 aromatic heterocycles. The third-order valence-electron chi connectivity index (χ3n) is 3.70. The maximum atomic E-state index is 6.16. The van der Waals surface area contributed by atoms with E-state index in [0.717, 1.165) is 12.5 Å². The Hall–Kier alpha value is -0.0800. The van der Waals surface area contributed by atoms with Crippen LogP contribution >= 0.6 is 0 Å². The molecule has 2 N–H and O–H groups in total. The van der Waals surface area contributed by atoms with E-state index in [0.29, 0.717) is 12.0 Å². The molecule has 90 valence electrons. The molecule has 0 aromatic rings. The lowest BCUT2D eigenvalue weighted by atomic mass is 9.78. The van der Waals surface area contributed by atoms with Crippen LogP contribution in [0.5, 0.6) is 0 Å². The Labute approximate surface area is 94.6 Å². The van der Waals surface area contributed by atoms with Crippen LogP contribution in [0.15, 0.2) is 0 Å². The standard InChI is InChI=1S/C13H27NO/c1-4-11-5-7-12(8-6-11)13(14)9-15-10(2)3/h10-13H,4-9,14H2,1-3H3. The average molecular weight is 213 g/mol. The van der Waals surface area contributed by atoms with Crippen molar-refractivity contribution in [3.8, 4) is 0 Å². The lowest BCUT2D eigenvalue weighted by molar-refractivity contribution is 0.0501. The van der Waals surface area contributed by atoms with E-state index in [4.69, 9.17) is 10.5 Å². The summed E-state index contributed by atoms with van der Waals surface area (Å²) >= 11 is 0. The monoisotopic (exact) mass is 213 g/mol. The molecule has 1 rings (SSSR count).